The zero-order chi connectivity index (χ0) is 15.4. The van der Waals surface area contributed by atoms with Crippen LogP contribution in [0.25, 0.3) is 0 Å². The number of benzene rings is 1. The van der Waals surface area contributed by atoms with Gasteiger partial charge in [-0.1, -0.05) is 0 Å². The summed E-state index contributed by atoms with van der Waals surface area (Å²) in [5, 5.41) is 11.0. The molecule has 0 unspecified atom stereocenters. The highest BCUT2D eigenvalue weighted by Gasteiger charge is 2.24. The minimum Gasteiger partial charge on any atom is -0.482 e. The highest BCUT2D eigenvalue weighted by molar-refractivity contribution is 6.03. The number of anilines is 2. The van der Waals surface area contributed by atoms with Gasteiger partial charge in [-0.15, -0.1) is 0 Å². The quantitative estimate of drug-likeness (QED) is 0.807. The molecule has 2 amide bonds. The van der Waals surface area contributed by atoms with E-state index in [-0.39, 0.29) is 12.5 Å². The van der Waals surface area contributed by atoms with Crippen molar-refractivity contribution in [2.45, 2.75) is 6.92 Å². The number of carbonyl (C=O) groups excluding carboxylic acids is 2. The van der Waals surface area contributed by atoms with Crippen LogP contribution in [-0.2, 0) is 14.4 Å². The van der Waals surface area contributed by atoms with E-state index in [4.69, 9.17) is 9.84 Å². The molecule has 0 spiro atoms. The number of aliphatic carboxylic acids is 1. The van der Waals surface area contributed by atoms with Crippen LogP contribution in [0.15, 0.2) is 30.4 Å². The lowest BCUT2D eigenvalue weighted by atomic mass is 10.2. The fourth-order valence-corrected chi connectivity index (χ4v) is 1.96. The van der Waals surface area contributed by atoms with Gasteiger partial charge >= 0.3 is 5.97 Å². The smallest absolute Gasteiger partial charge is 0.328 e. The van der Waals surface area contributed by atoms with Crippen LogP contribution in [0, 0.1) is 0 Å². The van der Waals surface area contributed by atoms with Gasteiger partial charge in [0.1, 0.15) is 5.75 Å². The van der Waals surface area contributed by atoms with E-state index >= 15 is 0 Å². The molecule has 0 aliphatic carbocycles. The lowest BCUT2D eigenvalue weighted by molar-refractivity contribution is -0.131. The Morgan fingerprint density at radius 3 is 2.86 bits per heavy atom. The van der Waals surface area contributed by atoms with E-state index in [1.807, 2.05) is 6.92 Å². The third-order valence-corrected chi connectivity index (χ3v) is 2.86. The summed E-state index contributed by atoms with van der Waals surface area (Å²) in [5.74, 6) is -1.36. The molecule has 0 fully saturated rings. The van der Waals surface area contributed by atoms with Gasteiger partial charge in [0.05, 0.1) is 5.69 Å². The average Bonchev–Trinajstić information content (AvgIpc) is 2.45. The Kier molecular flexibility index (Phi) is 4.22. The van der Waals surface area contributed by atoms with Crippen LogP contribution >= 0.6 is 0 Å². The molecule has 0 saturated heterocycles. The van der Waals surface area contributed by atoms with Crippen LogP contribution in [0.5, 0.6) is 5.75 Å². The minimum absolute atomic E-state index is 0.00606. The summed E-state index contributed by atoms with van der Waals surface area (Å²) in [7, 11) is 0. The molecular formula is C14H14N2O5. The van der Waals surface area contributed by atoms with Crippen molar-refractivity contribution in [3.63, 3.8) is 0 Å². The topological polar surface area (TPSA) is 95.9 Å². The number of fused-ring (bicyclic) bond motifs is 1. The molecule has 0 saturated carbocycles. The molecule has 1 aromatic carbocycles. The molecule has 2 N–H and O–H groups in total. The Labute approximate surface area is 120 Å². The maximum absolute atomic E-state index is 11.7. The second kappa shape index (κ2) is 6.08. The molecule has 2 rings (SSSR count). The number of nitrogens with zero attached hydrogens (tertiary/aromatic N) is 1. The summed E-state index contributed by atoms with van der Waals surface area (Å²) in [6, 6.07) is 4.89. The number of rotatable bonds is 4. The lowest BCUT2D eigenvalue weighted by Gasteiger charge is -2.28. The Morgan fingerprint density at radius 1 is 1.43 bits per heavy atom. The van der Waals surface area contributed by atoms with Gasteiger partial charge in [-0.25, -0.2) is 4.79 Å². The molecule has 7 heteroatoms. The molecule has 1 aromatic rings. The van der Waals surface area contributed by atoms with E-state index in [0.29, 0.717) is 23.7 Å². The second-order valence-corrected chi connectivity index (χ2v) is 4.27. The summed E-state index contributed by atoms with van der Waals surface area (Å²) in [4.78, 5) is 35.2. The largest absolute Gasteiger partial charge is 0.482 e. The van der Waals surface area contributed by atoms with E-state index in [9.17, 15) is 14.4 Å². The monoisotopic (exact) mass is 290 g/mol. The first kappa shape index (κ1) is 14.6. The van der Waals surface area contributed by atoms with Gasteiger partial charge in [-0.05, 0) is 25.1 Å². The van der Waals surface area contributed by atoms with Crippen LogP contribution in [0.4, 0.5) is 11.4 Å². The summed E-state index contributed by atoms with van der Waals surface area (Å²) < 4.78 is 5.31. The molecule has 0 aromatic heterocycles. The third-order valence-electron chi connectivity index (χ3n) is 2.86. The van der Waals surface area contributed by atoms with Crippen molar-refractivity contribution in [2.75, 3.05) is 23.4 Å². The number of carboxylic acid groups (broad SMARTS) is 1. The van der Waals surface area contributed by atoms with Crippen molar-refractivity contribution < 1.29 is 24.2 Å². The highest BCUT2D eigenvalue weighted by atomic mass is 16.5. The van der Waals surface area contributed by atoms with Crippen molar-refractivity contribution >= 4 is 29.2 Å². The Morgan fingerprint density at radius 2 is 2.19 bits per heavy atom. The van der Waals surface area contributed by atoms with E-state index in [1.165, 1.54) is 0 Å². The number of amides is 2. The number of nitrogens with one attached hydrogen (secondary N) is 1. The molecule has 0 radical (unpaired) electrons. The lowest BCUT2D eigenvalue weighted by Crippen LogP contribution is -2.38. The summed E-state index contributed by atoms with van der Waals surface area (Å²) in [5.41, 5.74) is 1.03. The number of ether oxygens (including phenoxy) is 1. The number of hydrogen-bond acceptors (Lipinski definition) is 4. The Balaban J connectivity index is 2.20. The van der Waals surface area contributed by atoms with Crippen LogP contribution in [0.3, 0.4) is 0 Å². The van der Waals surface area contributed by atoms with Crippen molar-refractivity contribution in [3.8, 4) is 5.75 Å². The van der Waals surface area contributed by atoms with Gasteiger partial charge in [0.15, 0.2) is 6.61 Å². The van der Waals surface area contributed by atoms with Gasteiger partial charge < -0.3 is 20.1 Å². The van der Waals surface area contributed by atoms with E-state index in [2.05, 4.69) is 5.32 Å². The Bertz CT molecular complexity index is 624. The van der Waals surface area contributed by atoms with Crippen LogP contribution < -0.4 is 15.0 Å². The van der Waals surface area contributed by atoms with E-state index < -0.39 is 11.9 Å². The summed E-state index contributed by atoms with van der Waals surface area (Å²) in [6.07, 6.45) is 1.67. The SMILES string of the molecule is CCN1C(=O)COc2ccc(NC(=O)/C=C/C(=O)O)cc21. The number of hydrogen-bond donors (Lipinski definition) is 2. The standard InChI is InChI=1S/C14H14N2O5/c1-2-16-10-7-9(15-12(17)5-6-14(19)20)3-4-11(10)21-8-13(16)18/h3-7H,2,8H2,1H3,(H,15,17)(H,19,20)/b6-5+. The Hall–Kier alpha value is -2.83. The van der Waals surface area contributed by atoms with Crippen LogP contribution in [0.2, 0.25) is 0 Å². The molecule has 0 atom stereocenters. The van der Waals surface area contributed by atoms with Crippen molar-refractivity contribution in [3.05, 3.63) is 30.4 Å². The van der Waals surface area contributed by atoms with Gasteiger partial charge in [0.2, 0.25) is 5.91 Å². The predicted molar refractivity (Wildman–Crippen MR) is 75.4 cm³/mol. The highest BCUT2D eigenvalue weighted by Crippen LogP contribution is 2.34. The maximum atomic E-state index is 11.7. The zero-order valence-corrected chi connectivity index (χ0v) is 11.3. The van der Waals surface area contributed by atoms with Gasteiger partial charge in [0.25, 0.3) is 5.91 Å². The third kappa shape index (κ3) is 3.38. The van der Waals surface area contributed by atoms with Gasteiger partial charge in [-0.2, -0.15) is 0 Å². The number of likely N-dealkylation sites (N-methyl/N-ethyl adjacent to an activating group) is 1. The number of carbonyl (C=O) groups is 3. The summed E-state index contributed by atoms with van der Waals surface area (Å²) >= 11 is 0. The van der Waals surface area contributed by atoms with Crippen molar-refractivity contribution in [1.82, 2.24) is 0 Å². The molecule has 1 aliphatic rings. The second-order valence-electron chi connectivity index (χ2n) is 4.27. The fraction of sp³-hybridized carbons (Fsp3) is 0.214. The van der Waals surface area contributed by atoms with Crippen molar-refractivity contribution in [2.24, 2.45) is 0 Å². The molecule has 7 nitrogen and oxygen atoms in total. The molecular weight excluding hydrogens is 276 g/mol. The van der Waals surface area contributed by atoms with Gasteiger partial charge in [0, 0.05) is 24.4 Å². The van der Waals surface area contributed by atoms with Crippen molar-refractivity contribution in [1.29, 1.82) is 0 Å². The first-order chi connectivity index (χ1) is 10.0. The molecule has 1 heterocycles. The molecule has 1 aliphatic heterocycles. The maximum Gasteiger partial charge on any atom is 0.328 e. The van der Waals surface area contributed by atoms with Crippen LogP contribution in [0.1, 0.15) is 6.92 Å². The van der Waals surface area contributed by atoms with Gasteiger partial charge in [-0.3, -0.25) is 9.59 Å². The first-order valence-electron chi connectivity index (χ1n) is 6.30. The summed E-state index contributed by atoms with van der Waals surface area (Å²) in [6.45, 7) is 2.33. The molecule has 0 bridgehead atoms. The van der Waals surface area contributed by atoms with Crippen LogP contribution in [-0.4, -0.2) is 36.0 Å². The average molecular weight is 290 g/mol. The van der Waals surface area contributed by atoms with E-state index in [1.54, 1.807) is 23.1 Å². The molecule has 110 valence electrons. The zero-order valence-electron chi connectivity index (χ0n) is 11.3. The molecule has 21 heavy (non-hydrogen) atoms. The number of carboxylic acids is 1. The normalized spacial score (nSPS) is 13.8. The van der Waals surface area contributed by atoms with E-state index in [0.717, 1.165) is 12.2 Å². The minimum atomic E-state index is -1.20. The first-order valence-corrected chi connectivity index (χ1v) is 6.30. The predicted octanol–water partition coefficient (Wildman–Crippen LogP) is 1.01. The fourth-order valence-electron chi connectivity index (χ4n) is 1.96.